The topological polar surface area (TPSA) is 55.8 Å². The number of carbonyl (C=O) groups is 1. The third kappa shape index (κ3) is 2.79. The average Bonchev–Trinajstić information content (AvgIpc) is 2.48. The van der Waals surface area contributed by atoms with Gasteiger partial charge in [0.2, 0.25) is 0 Å². The first-order chi connectivity index (χ1) is 9.97. The first-order valence-corrected chi connectivity index (χ1v) is 5.92. The number of methoxy groups -OCH3 is 2. The van der Waals surface area contributed by atoms with Gasteiger partial charge in [-0.15, -0.1) is 0 Å². The van der Waals surface area contributed by atoms with Gasteiger partial charge in [0.15, 0.2) is 11.5 Å². The van der Waals surface area contributed by atoms with Crippen molar-refractivity contribution >= 4 is 5.97 Å². The van der Waals surface area contributed by atoms with E-state index in [0.29, 0.717) is 0 Å². The van der Waals surface area contributed by atoms with E-state index in [0.717, 1.165) is 18.2 Å². The maximum absolute atomic E-state index is 13.8. The Kier molecular flexibility index (Phi) is 4.07. The van der Waals surface area contributed by atoms with E-state index in [1.165, 1.54) is 26.4 Å². The van der Waals surface area contributed by atoms with Crippen LogP contribution in [0.25, 0.3) is 11.1 Å². The summed E-state index contributed by atoms with van der Waals surface area (Å²) >= 11 is 0. The zero-order valence-electron chi connectivity index (χ0n) is 11.3. The molecule has 0 heterocycles. The van der Waals surface area contributed by atoms with E-state index in [1.54, 1.807) is 0 Å². The molecule has 2 aromatic rings. The van der Waals surface area contributed by atoms with Crippen LogP contribution in [0, 0.1) is 11.6 Å². The van der Waals surface area contributed by atoms with Gasteiger partial charge in [0, 0.05) is 5.56 Å². The van der Waals surface area contributed by atoms with Crippen LogP contribution < -0.4 is 9.47 Å². The molecular weight excluding hydrogens is 282 g/mol. The standard InChI is InChI=1S/C15H12F2O4/c1-20-13-6-8(5-11(15(18)19)14(13)21-2)10-7-9(16)3-4-12(10)17/h3-7H,1-2H3,(H,18,19). The number of carboxylic acid groups (broad SMARTS) is 1. The summed E-state index contributed by atoms with van der Waals surface area (Å²) in [5.74, 6) is -2.41. The van der Waals surface area contributed by atoms with Crippen molar-refractivity contribution in [2.45, 2.75) is 0 Å². The largest absolute Gasteiger partial charge is 0.493 e. The zero-order valence-corrected chi connectivity index (χ0v) is 11.3. The molecule has 0 radical (unpaired) electrons. The summed E-state index contributed by atoms with van der Waals surface area (Å²) < 4.78 is 37.2. The molecule has 0 aliphatic carbocycles. The van der Waals surface area contributed by atoms with E-state index in [2.05, 4.69) is 0 Å². The van der Waals surface area contributed by atoms with Gasteiger partial charge in [-0.1, -0.05) is 0 Å². The Labute approximate surface area is 119 Å². The summed E-state index contributed by atoms with van der Waals surface area (Å²) in [6.45, 7) is 0. The molecule has 0 saturated heterocycles. The second-order valence-electron chi connectivity index (χ2n) is 4.19. The van der Waals surface area contributed by atoms with Crippen molar-refractivity contribution < 1.29 is 28.2 Å². The van der Waals surface area contributed by atoms with Crippen molar-refractivity contribution in [2.24, 2.45) is 0 Å². The van der Waals surface area contributed by atoms with Gasteiger partial charge < -0.3 is 14.6 Å². The highest BCUT2D eigenvalue weighted by molar-refractivity contribution is 5.94. The van der Waals surface area contributed by atoms with Gasteiger partial charge in [0.05, 0.1) is 14.2 Å². The molecule has 0 aromatic heterocycles. The number of hydrogen-bond donors (Lipinski definition) is 1. The van der Waals surface area contributed by atoms with Gasteiger partial charge in [-0.2, -0.15) is 0 Å². The number of hydrogen-bond acceptors (Lipinski definition) is 3. The Balaban J connectivity index is 2.73. The first kappa shape index (κ1) is 14.8. The summed E-state index contributed by atoms with van der Waals surface area (Å²) in [6.07, 6.45) is 0. The number of halogens is 2. The Morgan fingerprint density at radius 1 is 1.10 bits per heavy atom. The molecule has 2 aromatic carbocycles. The maximum Gasteiger partial charge on any atom is 0.339 e. The molecule has 0 atom stereocenters. The Hall–Kier alpha value is -2.63. The number of ether oxygens (including phenoxy) is 2. The summed E-state index contributed by atoms with van der Waals surface area (Å²) in [6, 6.07) is 5.55. The summed E-state index contributed by atoms with van der Waals surface area (Å²) in [7, 11) is 2.63. The molecule has 0 bridgehead atoms. The van der Waals surface area contributed by atoms with E-state index in [1.807, 2.05) is 0 Å². The van der Waals surface area contributed by atoms with Crippen LogP contribution in [0.4, 0.5) is 8.78 Å². The molecule has 0 amide bonds. The van der Waals surface area contributed by atoms with Gasteiger partial charge in [-0.05, 0) is 35.9 Å². The van der Waals surface area contributed by atoms with Crippen LogP contribution in [-0.2, 0) is 0 Å². The van der Waals surface area contributed by atoms with Gasteiger partial charge in [-0.3, -0.25) is 0 Å². The van der Waals surface area contributed by atoms with E-state index in [4.69, 9.17) is 9.47 Å². The SMILES string of the molecule is COc1cc(-c2cc(F)ccc2F)cc(C(=O)O)c1OC. The fourth-order valence-electron chi connectivity index (χ4n) is 2.00. The molecule has 21 heavy (non-hydrogen) atoms. The number of rotatable bonds is 4. The van der Waals surface area contributed by atoms with Crippen LogP contribution in [0.3, 0.4) is 0 Å². The lowest BCUT2D eigenvalue weighted by molar-refractivity contribution is 0.0692. The monoisotopic (exact) mass is 294 g/mol. The van der Waals surface area contributed by atoms with Crippen molar-refractivity contribution in [2.75, 3.05) is 14.2 Å². The molecule has 0 saturated carbocycles. The third-order valence-electron chi connectivity index (χ3n) is 2.95. The quantitative estimate of drug-likeness (QED) is 0.939. The van der Waals surface area contributed by atoms with Crippen LogP contribution in [0.2, 0.25) is 0 Å². The molecule has 0 aliphatic rings. The lowest BCUT2D eigenvalue weighted by Gasteiger charge is -2.13. The molecule has 1 N–H and O–H groups in total. The van der Waals surface area contributed by atoms with E-state index < -0.39 is 17.6 Å². The molecule has 0 spiro atoms. The van der Waals surface area contributed by atoms with E-state index >= 15 is 0 Å². The Morgan fingerprint density at radius 3 is 2.38 bits per heavy atom. The summed E-state index contributed by atoms with van der Waals surface area (Å²) in [5.41, 5.74) is -0.0731. The highest BCUT2D eigenvalue weighted by atomic mass is 19.1. The van der Waals surface area contributed by atoms with Crippen LogP contribution >= 0.6 is 0 Å². The molecule has 110 valence electrons. The van der Waals surface area contributed by atoms with Gasteiger partial charge in [0.1, 0.15) is 17.2 Å². The normalized spacial score (nSPS) is 10.3. The highest BCUT2D eigenvalue weighted by Gasteiger charge is 2.19. The summed E-state index contributed by atoms with van der Waals surface area (Å²) in [4.78, 5) is 11.3. The second kappa shape index (κ2) is 5.78. The van der Waals surface area contributed by atoms with Gasteiger partial charge >= 0.3 is 5.97 Å². The van der Waals surface area contributed by atoms with E-state index in [-0.39, 0.29) is 28.2 Å². The minimum Gasteiger partial charge on any atom is -0.493 e. The number of aromatic carboxylic acids is 1. The molecule has 6 heteroatoms. The van der Waals surface area contributed by atoms with E-state index in [9.17, 15) is 18.7 Å². The highest BCUT2D eigenvalue weighted by Crippen LogP contribution is 2.37. The minimum absolute atomic E-state index is 0.0190. The molecule has 0 fully saturated rings. The smallest absolute Gasteiger partial charge is 0.339 e. The Bertz CT molecular complexity index is 698. The van der Waals surface area contributed by atoms with Gasteiger partial charge in [0.25, 0.3) is 0 Å². The zero-order chi connectivity index (χ0) is 15.6. The fourth-order valence-corrected chi connectivity index (χ4v) is 2.00. The molecule has 4 nitrogen and oxygen atoms in total. The predicted octanol–water partition coefficient (Wildman–Crippen LogP) is 3.35. The third-order valence-corrected chi connectivity index (χ3v) is 2.95. The van der Waals surface area contributed by atoms with Crippen LogP contribution in [0.5, 0.6) is 11.5 Å². The van der Waals surface area contributed by atoms with Crippen LogP contribution in [0.1, 0.15) is 10.4 Å². The lowest BCUT2D eigenvalue weighted by Crippen LogP contribution is -2.03. The second-order valence-corrected chi connectivity index (χ2v) is 4.19. The van der Waals surface area contributed by atoms with Gasteiger partial charge in [-0.25, -0.2) is 13.6 Å². The lowest BCUT2D eigenvalue weighted by atomic mass is 10.0. The predicted molar refractivity (Wildman–Crippen MR) is 71.9 cm³/mol. The van der Waals surface area contributed by atoms with Crippen molar-refractivity contribution in [3.63, 3.8) is 0 Å². The minimum atomic E-state index is -1.26. The molecular formula is C15H12F2O4. The summed E-state index contributed by atoms with van der Waals surface area (Å²) in [5, 5.41) is 9.21. The van der Waals surface area contributed by atoms with Crippen molar-refractivity contribution in [1.82, 2.24) is 0 Å². The first-order valence-electron chi connectivity index (χ1n) is 5.92. The van der Waals surface area contributed by atoms with Crippen LogP contribution in [0.15, 0.2) is 30.3 Å². The fraction of sp³-hybridized carbons (Fsp3) is 0.133. The number of benzene rings is 2. The molecule has 2 rings (SSSR count). The number of carboxylic acids is 1. The maximum atomic E-state index is 13.8. The van der Waals surface area contributed by atoms with Crippen LogP contribution in [-0.4, -0.2) is 25.3 Å². The molecule has 0 unspecified atom stereocenters. The van der Waals surface area contributed by atoms with Crippen molar-refractivity contribution in [3.05, 3.63) is 47.5 Å². The molecule has 0 aliphatic heterocycles. The van der Waals surface area contributed by atoms with Crippen molar-refractivity contribution in [1.29, 1.82) is 0 Å². The Morgan fingerprint density at radius 2 is 1.81 bits per heavy atom. The van der Waals surface area contributed by atoms with Crippen molar-refractivity contribution in [3.8, 4) is 22.6 Å². The average molecular weight is 294 g/mol.